The van der Waals surface area contributed by atoms with Crippen molar-refractivity contribution in [2.45, 2.75) is 20.3 Å². The number of carbonyl (C=O) groups is 3. The summed E-state index contributed by atoms with van der Waals surface area (Å²) in [6.45, 7) is 5.88. The molecular weight excluding hydrogens is 250 g/mol. The lowest BCUT2D eigenvalue weighted by Gasteiger charge is -2.38. The van der Waals surface area contributed by atoms with E-state index < -0.39 is 5.97 Å². The van der Waals surface area contributed by atoms with E-state index in [4.69, 9.17) is 5.11 Å². The van der Waals surface area contributed by atoms with Crippen LogP contribution in [-0.4, -0.2) is 65.5 Å². The molecule has 0 atom stereocenters. The summed E-state index contributed by atoms with van der Waals surface area (Å²) in [5.74, 6) is -0.926. The van der Waals surface area contributed by atoms with Crippen molar-refractivity contribution in [2.75, 3.05) is 32.7 Å². The van der Waals surface area contributed by atoms with E-state index in [1.807, 2.05) is 13.8 Å². The zero-order chi connectivity index (χ0) is 14.4. The third-order valence-corrected chi connectivity index (χ3v) is 3.21. The third kappa shape index (κ3) is 4.42. The number of hydrogen-bond donors (Lipinski definition) is 2. The number of urea groups is 1. The predicted octanol–water partition coefficient (Wildman–Crippen LogP) is -0.0291. The Morgan fingerprint density at radius 1 is 1.26 bits per heavy atom. The standard InChI is InChI=1S/C12H21N3O4/c1-3-14(4-2)10(16)6-13-12(19)15-7-9(8-15)5-11(17)18/h9H,3-8H2,1-2H3,(H,13,19)(H,17,18). The Bertz CT molecular complexity index is 349. The second-order valence-electron chi connectivity index (χ2n) is 4.59. The van der Waals surface area contributed by atoms with Crippen LogP contribution in [0.25, 0.3) is 0 Å². The van der Waals surface area contributed by atoms with Crippen LogP contribution in [0.5, 0.6) is 0 Å². The highest BCUT2D eigenvalue weighted by Crippen LogP contribution is 2.18. The number of hydrogen-bond acceptors (Lipinski definition) is 3. The highest BCUT2D eigenvalue weighted by atomic mass is 16.4. The molecule has 0 bridgehead atoms. The molecule has 0 unspecified atom stereocenters. The lowest BCUT2D eigenvalue weighted by Crippen LogP contribution is -2.55. The van der Waals surface area contributed by atoms with Crippen LogP contribution in [-0.2, 0) is 9.59 Å². The molecule has 0 aromatic heterocycles. The normalized spacial score (nSPS) is 14.7. The minimum absolute atomic E-state index is 0.0133. The van der Waals surface area contributed by atoms with E-state index in [9.17, 15) is 14.4 Å². The quantitative estimate of drug-likeness (QED) is 0.710. The molecule has 1 saturated heterocycles. The molecule has 108 valence electrons. The fraction of sp³-hybridized carbons (Fsp3) is 0.750. The van der Waals surface area contributed by atoms with Crippen molar-refractivity contribution in [1.82, 2.24) is 15.1 Å². The van der Waals surface area contributed by atoms with Gasteiger partial charge in [-0.05, 0) is 13.8 Å². The van der Waals surface area contributed by atoms with Crippen molar-refractivity contribution in [3.05, 3.63) is 0 Å². The summed E-state index contributed by atoms with van der Waals surface area (Å²) in [6.07, 6.45) is 0.0855. The monoisotopic (exact) mass is 271 g/mol. The number of carboxylic acid groups (broad SMARTS) is 1. The highest BCUT2D eigenvalue weighted by Gasteiger charge is 2.32. The maximum Gasteiger partial charge on any atom is 0.317 e. The van der Waals surface area contributed by atoms with Crippen molar-refractivity contribution in [3.8, 4) is 0 Å². The molecule has 3 amide bonds. The van der Waals surface area contributed by atoms with Crippen LogP contribution in [0.15, 0.2) is 0 Å². The predicted molar refractivity (Wildman–Crippen MR) is 68.6 cm³/mol. The van der Waals surface area contributed by atoms with Crippen molar-refractivity contribution >= 4 is 17.9 Å². The molecule has 1 heterocycles. The first kappa shape index (κ1) is 15.3. The van der Waals surface area contributed by atoms with E-state index in [0.29, 0.717) is 26.2 Å². The molecule has 1 aliphatic rings. The van der Waals surface area contributed by atoms with Crippen LogP contribution in [0.4, 0.5) is 4.79 Å². The van der Waals surface area contributed by atoms with E-state index in [0.717, 1.165) is 0 Å². The van der Waals surface area contributed by atoms with Gasteiger partial charge in [0.2, 0.25) is 5.91 Å². The molecule has 1 fully saturated rings. The number of likely N-dealkylation sites (tertiary alicyclic amines) is 1. The molecule has 1 aliphatic heterocycles. The van der Waals surface area contributed by atoms with Crippen LogP contribution in [0, 0.1) is 5.92 Å². The lowest BCUT2D eigenvalue weighted by molar-refractivity contribution is -0.139. The average Bonchev–Trinajstić information content (AvgIpc) is 2.31. The number of nitrogens with one attached hydrogen (secondary N) is 1. The number of rotatable bonds is 6. The molecular formula is C12H21N3O4. The van der Waals surface area contributed by atoms with Crippen molar-refractivity contribution in [2.24, 2.45) is 5.92 Å². The minimum atomic E-state index is -0.846. The Hall–Kier alpha value is -1.79. The first-order valence-corrected chi connectivity index (χ1v) is 6.50. The van der Waals surface area contributed by atoms with E-state index in [1.54, 1.807) is 4.90 Å². The SMILES string of the molecule is CCN(CC)C(=O)CNC(=O)N1CC(CC(=O)O)C1. The van der Waals surface area contributed by atoms with Gasteiger partial charge in [-0.3, -0.25) is 9.59 Å². The summed E-state index contributed by atoms with van der Waals surface area (Å²) < 4.78 is 0. The zero-order valence-electron chi connectivity index (χ0n) is 11.4. The van der Waals surface area contributed by atoms with E-state index in [1.165, 1.54) is 4.90 Å². The van der Waals surface area contributed by atoms with Crippen LogP contribution < -0.4 is 5.32 Å². The Morgan fingerprint density at radius 2 is 1.84 bits per heavy atom. The van der Waals surface area contributed by atoms with Gasteiger partial charge in [-0.2, -0.15) is 0 Å². The highest BCUT2D eigenvalue weighted by molar-refractivity contribution is 5.84. The summed E-state index contributed by atoms with van der Waals surface area (Å²) in [7, 11) is 0. The fourth-order valence-corrected chi connectivity index (χ4v) is 2.06. The van der Waals surface area contributed by atoms with Crippen molar-refractivity contribution < 1.29 is 19.5 Å². The molecule has 0 aromatic rings. The number of amides is 3. The molecule has 19 heavy (non-hydrogen) atoms. The van der Waals surface area contributed by atoms with E-state index in [2.05, 4.69) is 5.32 Å². The van der Waals surface area contributed by atoms with Crippen LogP contribution in [0.2, 0.25) is 0 Å². The van der Waals surface area contributed by atoms with Crippen LogP contribution in [0.1, 0.15) is 20.3 Å². The third-order valence-electron chi connectivity index (χ3n) is 3.21. The molecule has 7 nitrogen and oxygen atoms in total. The van der Waals surface area contributed by atoms with Crippen molar-refractivity contribution in [1.29, 1.82) is 0 Å². The topological polar surface area (TPSA) is 90.0 Å². The first-order valence-electron chi connectivity index (χ1n) is 6.50. The van der Waals surface area contributed by atoms with Gasteiger partial charge in [0.15, 0.2) is 0 Å². The Labute approximate surface area is 112 Å². The Morgan fingerprint density at radius 3 is 2.32 bits per heavy atom. The van der Waals surface area contributed by atoms with Gasteiger partial charge >= 0.3 is 12.0 Å². The number of nitrogens with zero attached hydrogens (tertiary/aromatic N) is 2. The summed E-state index contributed by atoms with van der Waals surface area (Å²) >= 11 is 0. The molecule has 0 spiro atoms. The van der Waals surface area contributed by atoms with Gasteiger partial charge in [0.1, 0.15) is 0 Å². The molecule has 2 N–H and O–H groups in total. The second kappa shape index (κ2) is 6.96. The van der Waals surface area contributed by atoms with E-state index in [-0.39, 0.29) is 30.8 Å². The Balaban J connectivity index is 2.23. The van der Waals surface area contributed by atoms with Crippen molar-refractivity contribution in [3.63, 3.8) is 0 Å². The second-order valence-corrected chi connectivity index (χ2v) is 4.59. The smallest absolute Gasteiger partial charge is 0.317 e. The molecule has 7 heteroatoms. The van der Waals surface area contributed by atoms with E-state index >= 15 is 0 Å². The van der Waals surface area contributed by atoms with Gasteiger partial charge in [-0.1, -0.05) is 0 Å². The Kier molecular flexibility index (Phi) is 5.59. The first-order chi connectivity index (χ1) is 8.97. The van der Waals surface area contributed by atoms with Gasteiger partial charge in [0.25, 0.3) is 0 Å². The number of aliphatic carboxylic acids is 1. The number of carbonyl (C=O) groups excluding carboxylic acids is 2. The summed E-state index contributed by atoms with van der Waals surface area (Å²) in [5.41, 5.74) is 0. The average molecular weight is 271 g/mol. The molecule has 0 aliphatic carbocycles. The number of likely N-dealkylation sites (N-methyl/N-ethyl adjacent to an activating group) is 1. The molecule has 1 rings (SSSR count). The largest absolute Gasteiger partial charge is 0.481 e. The summed E-state index contributed by atoms with van der Waals surface area (Å²) in [5, 5.41) is 11.2. The molecule has 0 aromatic carbocycles. The van der Waals surface area contributed by atoms with Gasteiger partial charge in [0, 0.05) is 32.1 Å². The summed E-state index contributed by atoms with van der Waals surface area (Å²) in [6, 6.07) is -0.304. The minimum Gasteiger partial charge on any atom is -0.481 e. The lowest BCUT2D eigenvalue weighted by atomic mass is 9.97. The molecule has 0 radical (unpaired) electrons. The summed E-state index contributed by atoms with van der Waals surface area (Å²) in [4.78, 5) is 36.9. The van der Waals surface area contributed by atoms with Gasteiger partial charge < -0.3 is 20.2 Å². The van der Waals surface area contributed by atoms with Gasteiger partial charge in [0.05, 0.1) is 13.0 Å². The number of carboxylic acids is 1. The molecule has 0 saturated carbocycles. The van der Waals surface area contributed by atoms with Crippen LogP contribution >= 0.6 is 0 Å². The maximum absolute atomic E-state index is 11.7. The maximum atomic E-state index is 11.7. The fourth-order valence-electron chi connectivity index (χ4n) is 2.06. The van der Waals surface area contributed by atoms with Crippen LogP contribution in [0.3, 0.4) is 0 Å². The van der Waals surface area contributed by atoms with Gasteiger partial charge in [-0.15, -0.1) is 0 Å². The van der Waals surface area contributed by atoms with Gasteiger partial charge in [-0.25, -0.2) is 4.79 Å². The zero-order valence-corrected chi connectivity index (χ0v) is 11.4.